The molecule has 1 fully saturated rings. The molecule has 1 aliphatic rings. The zero-order valence-electron chi connectivity index (χ0n) is 15.4. The lowest BCUT2D eigenvalue weighted by Crippen LogP contribution is -2.40. The minimum absolute atomic E-state index is 0.0154. The molecule has 3 heterocycles. The number of carbonyl (C=O) groups is 1. The summed E-state index contributed by atoms with van der Waals surface area (Å²) in [6, 6.07) is 7.46. The second-order valence-corrected chi connectivity index (χ2v) is 7.77. The summed E-state index contributed by atoms with van der Waals surface area (Å²) in [6.45, 7) is 5.72. The molecule has 4 rings (SSSR count). The van der Waals surface area contributed by atoms with E-state index in [9.17, 15) is 9.59 Å². The van der Waals surface area contributed by atoms with Crippen LogP contribution in [0.1, 0.15) is 34.0 Å². The van der Waals surface area contributed by atoms with Gasteiger partial charge in [-0.1, -0.05) is 16.6 Å². The molecule has 27 heavy (non-hydrogen) atoms. The first-order chi connectivity index (χ1) is 13.0. The van der Waals surface area contributed by atoms with Crippen LogP contribution in [0, 0.1) is 19.8 Å². The first kappa shape index (κ1) is 17.8. The van der Waals surface area contributed by atoms with Crippen LogP contribution >= 0.6 is 11.5 Å². The van der Waals surface area contributed by atoms with Gasteiger partial charge in [0.25, 0.3) is 11.5 Å². The second-order valence-electron chi connectivity index (χ2n) is 7.01. The number of hydrogen-bond donors (Lipinski definition) is 0. The van der Waals surface area contributed by atoms with E-state index in [1.807, 2.05) is 43.0 Å². The molecule has 0 atom stereocenters. The van der Waals surface area contributed by atoms with E-state index in [0.717, 1.165) is 35.7 Å². The average molecular weight is 383 g/mol. The molecule has 3 aromatic rings. The Bertz CT molecular complexity index is 1050. The fourth-order valence-electron chi connectivity index (χ4n) is 3.64. The van der Waals surface area contributed by atoms with Crippen LogP contribution in [0.3, 0.4) is 0 Å². The van der Waals surface area contributed by atoms with Crippen LogP contribution in [-0.4, -0.2) is 43.0 Å². The number of carbonyl (C=O) groups excluding carboxylic acids is 1. The Hall–Kier alpha value is -2.61. The molecule has 0 bridgehead atoms. The maximum atomic E-state index is 12.8. The van der Waals surface area contributed by atoms with Crippen LogP contribution in [0.4, 0.5) is 0 Å². The first-order valence-electron chi connectivity index (χ1n) is 9.09. The molecule has 0 unspecified atom stereocenters. The van der Waals surface area contributed by atoms with Crippen molar-refractivity contribution in [1.29, 1.82) is 0 Å². The number of aromatic nitrogens is 4. The van der Waals surface area contributed by atoms with Crippen molar-refractivity contribution in [3.8, 4) is 0 Å². The number of rotatable bonds is 3. The summed E-state index contributed by atoms with van der Waals surface area (Å²) in [4.78, 5) is 32.5. The minimum Gasteiger partial charge on any atom is -0.338 e. The Morgan fingerprint density at radius 2 is 1.96 bits per heavy atom. The Morgan fingerprint density at radius 3 is 2.67 bits per heavy atom. The van der Waals surface area contributed by atoms with Gasteiger partial charge in [0.1, 0.15) is 10.7 Å². The van der Waals surface area contributed by atoms with Gasteiger partial charge in [-0.15, -0.1) is 5.10 Å². The smallest absolute Gasteiger partial charge is 0.267 e. The normalized spacial score (nSPS) is 15.4. The molecule has 0 N–H and O–H groups in total. The van der Waals surface area contributed by atoms with Gasteiger partial charge in [-0.25, -0.2) is 4.98 Å². The van der Waals surface area contributed by atoms with Gasteiger partial charge in [-0.05, 0) is 56.3 Å². The van der Waals surface area contributed by atoms with Gasteiger partial charge in [0.2, 0.25) is 0 Å². The van der Waals surface area contributed by atoms with E-state index in [0.29, 0.717) is 41.5 Å². The summed E-state index contributed by atoms with van der Waals surface area (Å²) >= 11 is 1.15. The van der Waals surface area contributed by atoms with Gasteiger partial charge in [0.15, 0.2) is 0 Å². The molecule has 1 saturated heterocycles. The molecule has 140 valence electrons. The third-order valence-electron chi connectivity index (χ3n) is 5.24. The molecule has 1 aliphatic heterocycles. The molecule has 1 aromatic carbocycles. The van der Waals surface area contributed by atoms with Crippen molar-refractivity contribution in [3.05, 3.63) is 51.0 Å². The van der Waals surface area contributed by atoms with Crippen LogP contribution in [0.25, 0.3) is 10.9 Å². The molecule has 7 nitrogen and oxygen atoms in total. The number of benzene rings is 1. The van der Waals surface area contributed by atoms with Crippen LogP contribution in [0.5, 0.6) is 0 Å². The summed E-state index contributed by atoms with van der Waals surface area (Å²) in [7, 11) is 0. The fraction of sp³-hybridized carbons (Fsp3) is 0.421. The highest BCUT2D eigenvalue weighted by molar-refractivity contribution is 7.07. The molecule has 8 heteroatoms. The van der Waals surface area contributed by atoms with Crippen molar-refractivity contribution < 1.29 is 4.79 Å². The molecule has 0 saturated carbocycles. The summed E-state index contributed by atoms with van der Waals surface area (Å²) in [5.41, 5.74) is 1.45. The lowest BCUT2D eigenvalue weighted by molar-refractivity contribution is 0.0686. The molecule has 2 aromatic heterocycles. The fourth-order valence-corrected chi connectivity index (χ4v) is 4.27. The molecule has 0 aliphatic carbocycles. The Labute approximate surface area is 160 Å². The zero-order valence-corrected chi connectivity index (χ0v) is 16.2. The number of amides is 1. The predicted octanol–water partition coefficient (Wildman–Crippen LogP) is 2.42. The largest absolute Gasteiger partial charge is 0.338 e. The van der Waals surface area contributed by atoms with E-state index in [1.165, 1.54) is 0 Å². The van der Waals surface area contributed by atoms with Crippen LogP contribution < -0.4 is 5.56 Å². The number of para-hydroxylation sites is 1. The molecular weight excluding hydrogens is 362 g/mol. The van der Waals surface area contributed by atoms with Crippen molar-refractivity contribution in [2.75, 3.05) is 13.1 Å². The predicted molar refractivity (Wildman–Crippen MR) is 104 cm³/mol. The quantitative estimate of drug-likeness (QED) is 0.694. The number of likely N-dealkylation sites (tertiary alicyclic amines) is 1. The van der Waals surface area contributed by atoms with E-state index in [2.05, 4.69) is 14.6 Å². The van der Waals surface area contributed by atoms with Crippen molar-refractivity contribution in [2.24, 2.45) is 5.92 Å². The maximum absolute atomic E-state index is 12.8. The van der Waals surface area contributed by atoms with E-state index in [-0.39, 0.29) is 11.5 Å². The highest BCUT2D eigenvalue weighted by atomic mass is 32.1. The highest BCUT2D eigenvalue weighted by Gasteiger charge is 2.26. The van der Waals surface area contributed by atoms with Gasteiger partial charge >= 0.3 is 0 Å². The number of aryl methyl sites for hydroxylation is 2. The van der Waals surface area contributed by atoms with Gasteiger partial charge in [-0.3, -0.25) is 14.2 Å². The SMILES string of the molecule is Cc1nnsc1C(=O)N1CCC(Cn2c(C)nc3ccccc3c2=O)CC1. The summed E-state index contributed by atoms with van der Waals surface area (Å²) in [5, 5.41) is 4.58. The lowest BCUT2D eigenvalue weighted by Gasteiger charge is -2.32. The van der Waals surface area contributed by atoms with Crippen molar-refractivity contribution in [3.63, 3.8) is 0 Å². The van der Waals surface area contributed by atoms with Gasteiger partial charge < -0.3 is 4.90 Å². The van der Waals surface area contributed by atoms with Gasteiger partial charge in [0, 0.05) is 19.6 Å². The second kappa shape index (κ2) is 7.19. The minimum atomic E-state index is 0.0154. The van der Waals surface area contributed by atoms with Crippen molar-refractivity contribution >= 4 is 28.3 Å². The van der Waals surface area contributed by atoms with E-state index >= 15 is 0 Å². The summed E-state index contributed by atoms with van der Waals surface area (Å²) < 4.78 is 5.63. The summed E-state index contributed by atoms with van der Waals surface area (Å²) in [6.07, 6.45) is 1.74. The standard InChI is InChI=1S/C19H21N5O2S/c1-12-17(27-22-21-12)19(26)23-9-7-14(8-10-23)11-24-13(2)20-16-6-4-3-5-15(16)18(24)25/h3-6,14H,7-11H2,1-2H3. The zero-order chi connectivity index (χ0) is 19.0. The molecular formula is C19H21N5O2S. The van der Waals surface area contributed by atoms with Crippen LogP contribution in [0.2, 0.25) is 0 Å². The summed E-state index contributed by atoms with van der Waals surface area (Å²) in [5.74, 6) is 1.11. The molecule has 1 amide bonds. The van der Waals surface area contributed by atoms with Gasteiger partial charge in [0.05, 0.1) is 16.6 Å². The Balaban J connectivity index is 1.47. The number of fused-ring (bicyclic) bond motifs is 1. The molecule has 0 radical (unpaired) electrons. The first-order valence-corrected chi connectivity index (χ1v) is 9.86. The monoisotopic (exact) mass is 383 g/mol. The Morgan fingerprint density at radius 1 is 1.22 bits per heavy atom. The topological polar surface area (TPSA) is 81.0 Å². The third-order valence-corrected chi connectivity index (χ3v) is 6.06. The van der Waals surface area contributed by atoms with Crippen molar-refractivity contribution in [2.45, 2.75) is 33.2 Å². The van der Waals surface area contributed by atoms with E-state index in [1.54, 1.807) is 4.57 Å². The Kier molecular flexibility index (Phi) is 4.73. The van der Waals surface area contributed by atoms with E-state index in [4.69, 9.17) is 0 Å². The van der Waals surface area contributed by atoms with Crippen molar-refractivity contribution in [1.82, 2.24) is 24.0 Å². The number of hydrogen-bond acceptors (Lipinski definition) is 6. The van der Waals surface area contributed by atoms with Crippen LogP contribution in [0.15, 0.2) is 29.1 Å². The third kappa shape index (κ3) is 3.37. The molecule has 0 spiro atoms. The van der Waals surface area contributed by atoms with Gasteiger partial charge in [-0.2, -0.15) is 0 Å². The van der Waals surface area contributed by atoms with Crippen LogP contribution in [-0.2, 0) is 6.54 Å². The highest BCUT2D eigenvalue weighted by Crippen LogP contribution is 2.22. The lowest BCUT2D eigenvalue weighted by atomic mass is 9.96. The maximum Gasteiger partial charge on any atom is 0.267 e. The average Bonchev–Trinajstić information content (AvgIpc) is 3.11. The van der Waals surface area contributed by atoms with E-state index < -0.39 is 0 Å². The number of piperidine rings is 1. The number of nitrogens with zero attached hydrogens (tertiary/aromatic N) is 5.